The number of hydrogen-bond donors (Lipinski definition) is 2. The Labute approximate surface area is 81.5 Å². The summed E-state index contributed by atoms with van der Waals surface area (Å²) in [6, 6.07) is 0.791. The Kier molecular flexibility index (Phi) is 3.41. The van der Waals surface area contributed by atoms with E-state index in [1.54, 1.807) is 6.20 Å². The van der Waals surface area contributed by atoms with Gasteiger partial charge in [-0.3, -0.25) is 9.78 Å². The first-order chi connectivity index (χ1) is 6.63. The van der Waals surface area contributed by atoms with Gasteiger partial charge in [-0.1, -0.05) is 0 Å². The highest BCUT2D eigenvalue weighted by atomic mass is 16.5. The van der Waals surface area contributed by atoms with E-state index in [2.05, 4.69) is 9.72 Å². The Bertz CT molecular complexity index is 328. The molecule has 1 aromatic heterocycles. The monoisotopic (exact) mass is 196 g/mol. The van der Waals surface area contributed by atoms with Gasteiger partial charge in [-0.15, -0.1) is 0 Å². The van der Waals surface area contributed by atoms with Gasteiger partial charge in [-0.2, -0.15) is 0 Å². The van der Waals surface area contributed by atoms with E-state index < -0.39 is 12.0 Å². The van der Waals surface area contributed by atoms with Gasteiger partial charge in [0, 0.05) is 6.20 Å². The van der Waals surface area contributed by atoms with Crippen molar-refractivity contribution in [3.05, 3.63) is 24.0 Å². The van der Waals surface area contributed by atoms with E-state index >= 15 is 0 Å². The topological polar surface area (TPSA) is 85.4 Å². The van der Waals surface area contributed by atoms with Crippen LogP contribution in [0.25, 0.3) is 0 Å². The zero-order valence-electron chi connectivity index (χ0n) is 7.80. The molecule has 76 valence electrons. The second-order valence-corrected chi connectivity index (χ2v) is 2.89. The zero-order chi connectivity index (χ0) is 10.6. The molecule has 0 aliphatic heterocycles. The summed E-state index contributed by atoms with van der Waals surface area (Å²) in [6.45, 7) is 0. The zero-order valence-corrected chi connectivity index (χ0v) is 7.80. The number of ether oxygens (including phenoxy) is 1. The van der Waals surface area contributed by atoms with E-state index in [0.29, 0.717) is 12.0 Å². The van der Waals surface area contributed by atoms with Crippen molar-refractivity contribution >= 4 is 5.97 Å². The molecule has 0 saturated heterocycles. The van der Waals surface area contributed by atoms with Gasteiger partial charge in [0.25, 0.3) is 0 Å². The summed E-state index contributed by atoms with van der Waals surface area (Å²) in [6.07, 6.45) is 3.16. The lowest BCUT2D eigenvalue weighted by Crippen LogP contribution is -2.33. The summed E-state index contributed by atoms with van der Waals surface area (Å²) in [5, 5.41) is 9.10. The molecule has 1 aromatic rings. The van der Waals surface area contributed by atoms with E-state index in [4.69, 9.17) is 10.8 Å². The van der Waals surface area contributed by atoms with Crippen molar-refractivity contribution < 1.29 is 14.6 Å². The number of methoxy groups -OCH3 is 1. The molecule has 14 heavy (non-hydrogen) atoms. The largest absolute Gasteiger partial charge is 0.506 e. The van der Waals surface area contributed by atoms with Crippen molar-refractivity contribution in [1.82, 2.24) is 4.98 Å². The fourth-order valence-corrected chi connectivity index (χ4v) is 1.07. The molecule has 1 heterocycles. The maximum absolute atomic E-state index is 11.0. The number of hydrogen-bond acceptors (Lipinski definition) is 5. The maximum atomic E-state index is 11.0. The highest BCUT2D eigenvalue weighted by Gasteiger charge is 2.14. The SMILES string of the molecule is COC(=O)[C@@H](N)Cc1cncc(O)c1. The molecule has 0 saturated carbocycles. The standard InChI is InChI=1S/C9H12N2O3/c1-14-9(13)8(10)3-6-2-7(12)5-11-4-6/h2,4-5,8,12H,3,10H2,1H3/t8-/m0/s1. The van der Waals surface area contributed by atoms with Gasteiger partial charge in [0.05, 0.1) is 13.3 Å². The van der Waals surface area contributed by atoms with Gasteiger partial charge >= 0.3 is 5.97 Å². The van der Waals surface area contributed by atoms with Crippen LogP contribution in [-0.2, 0) is 16.0 Å². The highest BCUT2D eigenvalue weighted by molar-refractivity contribution is 5.75. The molecule has 5 nitrogen and oxygen atoms in total. The molecule has 0 unspecified atom stereocenters. The Morgan fingerprint density at radius 1 is 1.71 bits per heavy atom. The fourth-order valence-electron chi connectivity index (χ4n) is 1.07. The number of esters is 1. The van der Waals surface area contributed by atoms with E-state index in [0.717, 1.165) is 0 Å². The molecule has 0 bridgehead atoms. The van der Waals surface area contributed by atoms with Crippen LogP contribution < -0.4 is 5.73 Å². The average Bonchev–Trinajstić information content (AvgIpc) is 2.16. The normalized spacial score (nSPS) is 12.1. The number of nitrogens with zero attached hydrogens (tertiary/aromatic N) is 1. The predicted octanol–water partition coefficient (Wildman–Crippen LogP) is -0.170. The Morgan fingerprint density at radius 3 is 3.00 bits per heavy atom. The third kappa shape index (κ3) is 2.70. The second kappa shape index (κ2) is 4.57. The number of carbonyl (C=O) groups is 1. The molecule has 0 aromatic carbocycles. The lowest BCUT2D eigenvalue weighted by atomic mass is 10.1. The van der Waals surface area contributed by atoms with Crippen molar-refractivity contribution in [3.8, 4) is 5.75 Å². The van der Waals surface area contributed by atoms with Crippen molar-refractivity contribution in [2.24, 2.45) is 5.73 Å². The van der Waals surface area contributed by atoms with Crippen LogP contribution in [0.15, 0.2) is 18.5 Å². The molecule has 0 aliphatic carbocycles. The van der Waals surface area contributed by atoms with Gasteiger partial charge < -0.3 is 15.6 Å². The minimum atomic E-state index is -0.719. The van der Waals surface area contributed by atoms with E-state index in [-0.39, 0.29) is 5.75 Å². The van der Waals surface area contributed by atoms with E-state index in [1.807, 2.05) is 0 Å². The lowest BCUT2D eigenvalue weighted by Gasteiger charge is -2.08. The third-order valence-corrected chi connectivity index (χ3v) is 1.74. The minimum absolute atomic E-state index is 0.0552. The molecule has 0 radical (unpaired) electrons. The van der Waals surface area contributed by atoms with Crippen molar-refractivity contribution in [2.45, 2.75) is 12.5 Å². The number of nitrogens with two attached hydrogens (primary N) is 1. The molecule has 5 heteroatoms. The van der Waals surface area contributed by atoms with Crippen molar-refractivity contribution in [3.63, 3.8) is 0 Å². The first-order valence-corrected chi connectivity index (χ1v) is 4.10. The Hall–Kier alpha value is -1.62. The molecule has 0 aliphatic rings. The number of rotatable bonds is 3. The van der Waals surface area contributed by atoms with Crippen molar-refractivity contribution in [1.29, 1.82) is 0 Å². The summed E-state index contributed by atoms with van der Waals surface area (Å²) in [5.41, 5.74) is 6.22. The molecule has 3 N–H and O–H groups in total. The Balaban J connectivity index is 2.64. The van der Waals surface area contributed by atoms with Crippen LogP contribution in [0.4, 0.5) is 0 Å². The van der Waals surface area contributed by atoms with Gasteiger partial charge in [0.15, 0.2) is 0 Å². The van der Waals surface area contributed by atoms with Gasteiger partial charge in [-0.05, 0) is 18.1 Å². The van der Waals surface area contributed by atoms with Gasteiger partial charge in [0.2, 0.25) is 0 Å². The molecule has 0 spiro atoms. The molecule has 1 rings (SSSR count). The van der Waals surface area contributed by atoms with Crippen LogP contribution in [0.3, 0.4) is 0 Å². The third-order valence-electron chi connectivity index (χ3n) is 1.74. The van der Waals surface area contributed by atoms with Gasteiger partial charge in [-0.25, -0.2) is 0 Å². The summed E-state index contributed by atoms with van der Waals surface area (Å²) in [7, 11) is 1.28. The smallest absolute Gasteiger partial charge is 0.322 e. The van der Waals surface area contributed by atoms with E-state index in [1.165, 1.54) is 19.4 Å². The fraction of sp³-hybridized carbons (Fsp3) is 0.333. The molecular formula is C9H12N2O3. The summed E-state index contributed by atoms with van der Waals surface area (Å²) in [5.74, 6) is -0.423. The first-order valence-electron chi connectivity index (χ1n) is 4.10. The van der Waals surface area contributed by atoms with Crippen LogP contribution in [0, 0.1) is 0 Å². The number of pyridine rings is 1. The number of aromatic hydroxyl groups is 1. The molecule has 0 amide bonds. The van der Waals surface area contributed by atoms with Crippen LogP contribution in [0.2, 0.25) is 0 Å². The minimum Gasteiger partial charge on any atom is -0.506 e. The van der Waals surface area contributed by atoms with Crippen molar-refractivity contribution in [2.75, 3.05) is 7.11 Å². The molecular weight excluding hydrogens is 184 g/mol. The molecule has 0 fully saturated rings. The van der Waals surface area contributed by atoms with E-state index in [9.17, 15) is 4.79 Å². The van der Waals surface area contributed by atoms with Crippen LogP contribution in [-0.4, -0.2) is 29.2 Å². The van der Waals surface area contributed by atoms with Crippen LogP contribution >= 0.6 is 0 Å². The summed E-state index contributed by atoms with van der Waals surface area (Å²) >= 11 is 0. The second-order valence-electron chi connectivity index (χ2n) is 2.89. The summed E-state index contributed by atoms with van der Waals surface area (Å²) < 4.78 is 4.47. The average molecular weight is 196 g/mol. The van der Waals surface area contributed by atoms with Crippen LogP contribution in [0.1, 0.15) is 5.56 Å². The van der Waals surface area contributed by atoms with Gasteiger partial charge in [0.1, 0.15) is 11.8 Å². The highest BCUT2D eigenvalue weighted by Crippen LogP contribution is 2.10. The quantitative estimate of drug-likeness (QED) is 0.655. The molecule has 1 atom stereocenters. The number of aromatic nitrogens is 1. The lowest BCUT2D eigenvalue weighted by molar-refractivity contribution is -0.142. The first kappa shape index (κ1) is 10.5. The van der Waals surface area contributed by atoms with Crippen LogP contribution in [0.5, 0.6) is 5.75 Å². The summed E-state index contributed by atoms with van der Waals surface area (Å²) in [4.78, 5) is 14.7. The number of carbonyl (C=O) groups excluding carboxylic acids is 1. The predicted molar refractivity (Wildman–Crippen MR) is 49.6 cm³/mol. The Morgan fingerprint density at radius 2 is 2.43 bits per heavy atom. The maximum Gasteiger partial charge on any atom is 0.322 e.